The molecule has 0 fully saturated rings. The van der Waals surface area contributed by atoms with Crippen molar-refractivity contribution in [3.05, 3.63) is 29.8 Å². The molecule has 0 saturated carbocycles. The quantitative estimate of drug-likeness (QED) is 0.854. The second kappa shape index (κ2) is 6.79. The third kappa shape index (κ3) is 4.29. The molecular formula is C15H20N2O2. The zero-order chi connectivity index (χ0) is 14.4. The summed E-state index contributed by atoms with van der Waals surface area (Å²) < 4.78 is 0. The molecule has 0 bridgehead atoms. The van der Waals surface area contributed by atoms with E-state index < -0.39 is 11.9 Å². The molecule has 1 unspecified atom stereocenters. The van der Waals surface area contributed by atoms with Gasteiger partial charge in [0.2, 0.25) is 0 Å². The Hall–Kier alpha value is -2.02. The number of hydrogen-bond acceptors (Lipinski definition) is 3. The SMILES string of the molecule is CC(C)CN(CC(C)C(=O)O)c1ccccc1C#N. The molecule has 0 heterocycles. The summed E-state index contributed by atoms with van der Waals surface area (Å²) >= 11 is 0. The van der Waals surface area contributed by atoms with Crippen molar-refractivity contribution in [3.8, 4) is 6.07 Å². The van der Waals surface area contributed by atoms with Crippen LogP contribution in [-0.4, -0.2) is 24.2 Å². The van der Waals surface area contributed by atoms with Gasteiger partial charge in [-0.25, -0.2) is 0 Å². The van der Waals surface area contributed by atoms with Crippen molar-refractivity contribution in [2.24, 2.45) is 11.8 Å². The Bertz CT molecular complexity index is 477. The number of rotatable bonds is 6. The summed E-state index contributed by atoms with van der Waals surface area (Å²) in [6.45, 7) is 6.98. The highest BCUT2D eigenvalue weighted by atomic mass is 16.4. The highest BCUT2D eigenvalue weighted by molar-refractivity contribution is 5.71. The Morgan fingerprint density at radius 2 is 1.95 bits per heavy atom. The number of anilines is 1. The van der Waals surface area contributed by atoms with E-state index in [4.69, 9.17) is 10.4 Å². The van der Waals surface area contributed by atoms with Gasteiger partial charge in [0.15, 0.2) is 0 Å². The first-order chi connectivity index (χ1) is 8.95. The highest BCUT2D eigenvalue weighted by Gasteiger charge is 2.19. The van der Waals surface area contributed by atoms with Crippen LogP contribution < -0.4 is 4.90 Å². The van der Waals surface area contributed by atoms with Crippen LogP contribution in [0.5, 0.6) is 0 Å². The number of aliphatic carboxylic acids is 1. The molecule has 1 aromatic rings. The van der Waals surface area contributed by atoms with Gasteiger partial charge >= 0.3 is 5.97 Å². The van der Waals surface area contributed by atoms with E-state index >= 15 is 0 Å². The number of para-hydroxylation sites is 1. The summed E-state index contributed by atoms with van der Waals surface area (Å²) in [4.78, 5) is 13.0. The molecule has 102 valence electrons. The summed E-state index contributed by atoms with van der Waals surface area (Å²) in [7, 11) is 0. The van der Waals surface area contributed by atoms with Crippen LogP contribution in [0, 0.1) is 23.2 Å². The predicted molar refractivity (Wildman–Crippen MR) is 75.0 cm³/mol. The molecule has 0 spiro atoms. The third-order valence-corrected chi connectivity index (χ3v) is 2.87. The molecule has 4 nitrogen and oxygen atoms in total. The fourth-order valence-electron chi connectivity index (χ4n) is 1.96. The van der Waals surface area contributed by atoms with Gasteiger partial charge in [-0.2, -0.15) is 5.26 Å². The predicted octanol–water partition coefficient (Wildman–Crippen LogP) is 2.74. The fourth-order valence-corrected chi connectivity index (χ4v) is 1.96. The molecule has 0 aliphatic heterocycles. The molecule has 0 radical (unpaired) electrons. The number of hydrogen-bond donors (Lipinski definition) is 1. The first-order valence-electron chi connectivity index (χ1n) is 6.42. The third-order valence-electron chi connectivity index (χ3n) is 2.87. The lowest BCUT2D eigenvalue weighted by Crippen LogP contribution is -2.35. The van der Waals surface area contributed by atoms with Gasteiger partial charge in [0.1, 0.15) is 6.07 Å². The van der Waals surface area contributed by atoms with E-state index in [1.165, 1.54) is 0 Å². The molecule has 0 aliphatic carbocycles. The number of carbonyl (C=O) groups is 1. The van der Waals surface area contributed by atoms with Crippen LogP contribution in [0.3, 0.4) is 0 Å². The molecule has 4 heteroatoms. The Kier molecular flexibility index (Phi) is 5.37. The maximum absolute atomic E-state index is 11.0. The van der Waals surface area contributed by atoms with Gasteiger partial charge in [-0.05, 0) is 18.1 Å². The van der Waals surface area contributed by atoms with E-state index in [1.807, 2.05) is 23.1 Å². The van der Waals surface area contributed by atoms with Crippen molar-refractivity contribution in [2.75, 3.05) is 18.0 Å². The van der Waals surface area contributed by atoms with Crippen LogP contribution in [0.4, 0.5) is 5.69 Å². The minimum atomic E-state index is -0.816. The fraction of sp³-hybridized carbons (Fsp3) is 0.467. The van der Waals surface area contributed by atoms with Crippen LogP contribution >= 0.6 is 0 Å². The molecule has 19 heavy (non-hydrogen) atoms. The molecule has 1 aromatic carbocycles. The van der Waals surface area contributed by atoms with Crippen molar-refractivity contribution in [3.63, 3.8) is 0 Å². The maximum atomic E-state index is 11.0. The van der Waals surface area contributed by atoms with E-state index in [0.717, 1.165) is 12.2 Å². The van der Waals surface area contributed by atoms with Crippen molar-refractivity contribution in [2.45, 2.75) is 20.8 Å². The molecule has 0 saturated heterocycles. The summed E-state index contributed by atoms with van der Waals surface area (Å²) in [5.41, 5.74) is 1.40. The lowest BCUT2D eigenvalue weighted by Gasteiger charge is -2.29. The first kappa shape index (κ1) is 15.0. The Morgan fingerprint density at radius 1 is 1.32 bits per heavy atom. The van der Waals surface area contributed by atoms with E-state index in [0.29, 0.717) is 18.0 Å². The monoisotopic (exact) mass is 260 g/mol. The van der Waals surface area contributed by atoms with Crippen LogP contribution in [0.2, 0.25) is 0 Å². The molecule has 0 aliphatic rings. The van der Waals surface area contributed by atoms with Gasteiger partial charge in [-0.15, -0.1) is 0 Å². The van der Waals surface area contributed by atoms with Gasteiger partial charge in [0, 0.05) is 13.1 Å². The van der Waals surface area contributed by atoms with Crippen molar-refractivity contribution >= 4 is 11.7 Å². The zero-order valence-electron chi connectivity index (χ0n) is 11.6. The van der Waals surface area contributed by atoms with Crippen molar-refractivity contribution < 1.29 is 9.90 Å². The minimum absolute atomic E-state index is 0.396. The molecule has 1 N–H and O–H groups in total. The summed E-state index contributed by atoms with van der Waals surface area (Å²) in [5, 5.41) is 18.2. The molecule has 1 rings (SSSR count). The molecule has 0 aromatic heterocycles. The highest BCUT2D eigenvalue weighted by Crippen LogP contribution is 2.22. The number of carboxylic acid groups (broad SMARTS) is 1. The Balaban J connectivity index is 3.03. The standard InChI is InChI=1S/C15H20N2O2/c1-11(2)9-17(10-12(3)15(18)19)14-7-5-4-6-13(14)8-16/h4-7,11-12H,9-10H2,1-3H3,(H,18,19). The zero-order valence-corrected chi connectivity index (χ0v) is 11.6. The van der Waals surface area contributed by atoms with Gasteiger partial charge < -0.3 is 10.0 Å². The second-order valence-corrected chi connectivity index (χ2v) is 5.17. The average Bonchev–Trinajstić information content (AvgIpc) is 2.37. The number of carboxylic acids is 1. The van der Waals surface area contributed by atoms with E-state index in [2.05, 4.69) is 19.9 Å². The van der Waals surface area contributed by atoms with E-state index in [9.17, 15) is 4.79 Å². The number of nitriles is 1. The lowest BCUT2D eigenvalue weighted by atomic mass is 10.1. The van der Waals surface area contributed by atoms with Crippen LogP contribution in [-0.2, 0) is 4.79 Å². The molecule has 1 atom stereocenters. The summed E-state index contributed by atoms with van der Waals surface area (Å²) in [5.74, 6) is -0.888. The summed E-state index contributed by atoms with van der Waals surface area (Å²) in [6.07, 6.45) is 0. The maximum Gasteiger partial charge on any atom is 0.308 e. The van der Waals surface area contributed by atoms with Gasteiger partial charge in [0.05, 0.1) is 17.2 Å². The molecule has 0 amide bonds. The first-order valence-corrected chi connectivity index (χ1v) is 6.42. The van der Waals surface area contributed by atoms with E-state index in [1.54, 1.807) is 13.0 Å². The van der Waals surface area contributed by atoms with Gasteiger partial charge in [0.25, 0.3) is 0 Å². The van der Waals surface area contributed by atoms with Gasteiger partial charge in [-0.3, -0.25) is 4.79 Å². The van der Waals surface area contributed by atoms with Crippen LogP contribution in [0.25, 0.3) is 0 Å². The summed E-state index contributed by atoms with van der Waals surface area (Å²) in [6, 6.07) is 9.48. The minimum Gasteiger partial charge on any atom is -0.481 e. The van der Waals surface area contributed by atoms with Gasteiger partial charge in [-0.1, -0.05) is 32.9 Å². The average molecular weight is 260 g/mol. The van der Waals surface area contributed by atoms with Crippen molar-refractivity contribution in [1.82, 2.24) is 0 Å². The number of benzene rings is 1. The van der Waals surface area contributed by atoms with Crippen LogP contribution in [0.15, 0.2) is 24.3 Å². The van der Waals surface area contributed by atoms with E-state index in [-0.39, 0.29) is 0 Å². The topological polar surface area (TPSA) is 64.3 Å². The lowest BCUT2D eigenvalue weighted by molar-refractivity contribution is -0.140. The number of nitrogens with zero attached hydrogens (tertiary/aromatic N) is 2. The molecular weight excluding hydrogens is 240 g/mol. The smallest absolute Gasteiger partial charge is 0.308 e. The normalized spacial score (nSPS) is 11.9. The largest absolute Gasteiger partial charge is 0.481 e. The second-order valence-electron chi connectivity index (χ2n) is 5.17. The Morgan fingerprint density at radius 3 is 2.47 bits per heavy atom. The van der Waals surface area contributed by atoms with Crippen molar-refractivity contribution in [1.29, 1.82) is 5.26 Å². The Labute approximate surface area is 114 Å². The van der Waals surface area contributed by atoms with Crippen LogP contribution in [0.1, 0.15) is 26.3 Å².